The average molecular weight is 279 g/mol. The van der Waals surface area contributed by atoms with Crippen molar-refractivity contribution < 1.29 is 4.39 Å². The van der Waals surface area contributed by atoms with Gasteiger partial charge in [-0.25, -0.2) is 4.39 Å². The van der Waals surface area contributed by atoms with E-state index in [0.717, 1.165) is 10.1 Å². The third-order valence-electron chi connectivity index (χ3n) is 2.75. The van der Waals surface area contributed by atoms with Gasteiger partial charge in [0.15, 0.2) is 0 Å². The molecule has 2 rings (SSSR count). The van der Waals surface area contributed by atoms with Gasteiger partial charge in [0.2, 0.25) is 5.13 Å². The predicted octanol–water partition coefficient (Wildman–Crippen LogP) is 3.61. The number of halogens is 1. The van der Waals surface area contributed by atoms with Crippen LogP contribution in [0.2, 0.25) is 0 Å². The molecule has 19 heavy (non-hydrogen) atoms. The van der Waals surface area contributed by atoms with E-state index in [0.29, 0.717) is 12.1 Å². The zero-order chi connectivity index (χ0) is 14.0. The summed E-state index contributed by atoms with van der Waals surface area (Å²) in [6.07, 6.45) is 0. The molecule has 0 aliphatic rings. The van der Waals surface area contributed by atoms with Crippen molar-refractivity contribution in [3.05, 3.63) is 40.7 Å². The molecule has 0 amide bonds. The molecule has 0 saturated carbocycles. The van der Waals surface area contributed by atoms with Crippen molar-refractivity contribution in [1.29, 1.82) is 0 Å². The van der Waals surface area contributed by atoms with Crippen LogP contribution < -0.4 is 4.90 Å². The van der Waals surface area contributed by atoms with Gasteiger partial charge in [0, 0.05) is 24.6 Å². The van der Waals surface area contributed by atoms with Crippen LogP contribution >= 0.6 is 11.3 Å². The van der Waals surface area contributed by atoms with E-state index in [1.165, 1.54) is 6.07 Å². The molecule has 0 saturated heterocycles. The molecule has 0 fully saturated rings. The normalized spacial score (nSPS) is 11.6. The minimum Gasteiger partial charge on any atom is -0.345 e. The van der Waals surface area contributed by atoms with E-state index >= 15 is 0 Å². The Morgan fingerprint density at radius 3 is 2.47 bits per heavy atom. The summed E-state index contributed by atoms with van der Waals surface area (Å²) in [5, 5.41) is 10.2. The van der Waals surface area contributed by atoms with Gasteiger partial charge in [-0.1, -0.05) is 50.3 Å². The van der Waals surface area contributed by atoms with Crippen LogP contribution in [0.5, 0.6) is 0 Å². The summed E-state index contributed by atoms with van der Waals surface area (Å²) in [5.41, 5.74) is 0.659. The van der Waals surface area contributed by atoms with Crippen LogP contribution in [0.1, 0.15) is 31.3 Å². The molecule has 0 N–H and O–H groups in total. The summed E-state index contributed by atoms with van der Waals surface area (Å²) in [7, 11) is 1.90. The van der Waals surface area contributed by atoms with Crippen molar-refractivity contribution in [3.8, 4) is 0 Å². The molecule has 1 aromatic carbocycles. The highest BCUT2D eigenvalue weighted by Gasteiger charge is 2.20. The Balaban J connectivity index is 2.15. The van der Waals surface area contributed by atoms with Crippen molar-refractivity contribution in [3.63, 3.8) is 0 Å². The molecular weight excluding hydrogens is 261 g/mol. The van der Waals surface area contributed by atoms with Crippen molar-refractivity contribution >= 4 is 16.5 Å². The zero-order valence-corrected chi connectivity index (χ0v) is 12.5. The molecule has 1 heterocycles. The predicted molar refractivity (Wildman–Crippen MR) is 77.1 cm³/mol. The summed E-state index contributed by atoms with van der Waals surface area (Å²) >= 11 is 1.55. The van der Waals surface area contributed by atoms with Gasteiger partial charge in [-0.05, 0) is 6.07 Å². The topological polar surface area (TPSA) is 29.0 Å². The Labute approximate surface area is 117 Å². The van der Waals surface area contributed by atoms with Crippen molar-refractivity contribution in [1.82, 2.24) is 10.2 Å². The van der Waals surface area contributed by atoms with Crippen LogP contribution in [-0.2, 0) is 12.0 Å². The smallest absolute Gasteiger partial charge is 0.208 e. The summed E-state index contributed by atoms with van der Waals surface area (Å²) in [5.74, 6) is -0.185. The maximum Gasteiger partial charge on any atom is 0.208 e. The highest BCUT2D eigenvalue weighted by atomic mass is 32.1. The van der Waals surface area contributed by atoms with E-state index < -0.39 is 0 Å². The maximum atomic E-state index is 13.6. The Kier molecular flexibility index (Phi) is 3.85. The summed E-state index contributed by atoms with van der Waals surface area (Å²) in [4.78, 5) is 1.92. The van der Waals surface area contributed by atoms with Gasteiger partial charge in [0.05, 0.1) is 0 Å². The third-order valence-corrected chi connectivity index (χ3v) is 4.21. The van der Waals surface area contributed by atoms with Gasteiger partial charge in [0.25, 0.3) is 0 Å². The fraction of sp³-hybridized carbons (Fsp3) is 0.429. The third kappa shape index (κ3) is 3.29. The monoisotopic (exact) mass is 279 g/mol. The molecule has 0 aliphatic carbocycles. The molecule has 0 atom stereocenters. The fourth-order valence-electron chi connectivity index (χ4n) is 1.62. The van der Waals surface area contributed by atoms with E-state index in [1.54, 1.807) is 23.5 Å². The molecule has 0 radical (unpaired) electrons. The minimum atomic E-state index is -0.185. The summed E-state index contributed by atoms with van der Waals surface area (Å²) < 4.78 is 13.6. The van der Waals surface area contributed by atoms with E-state index in [2.05, 4.69) is 31.0 Å². The van der Waals surface area contributed by atoms with Gasteiger partial charge in [-0.2, -0.15) is 0 Å². The second-order valence-electron chi connectivity index (χ2n) is 5.59. The zero-order valence-electron chi connectivity index (χ0n) is 11.6. The Hall–Kier alpha value is -1.49. The van der Waals surface area contributed by atoms with Gasteiger partial charge in [0.1, 0.15) is 10.8 Å². The van der Waals surface area contributed by atoms with Crippen molar-refractivity contribution in [2.45, 2.75) is 32.7 Å². The molecule has 0 unspecified atom stereocenters. The van der Waals surface area contributed by atoms with Gasteiger partial charge < -0.3 is 4.90 Å². The molecule has 5 heteroatoms. The fourth-order valence-corrected chi connectivity index (χ4v) is 2.49. The average Bonchev–Trinajstić information content (AvgIpc) is 2.81. The number of aromatic nitrogens is 2. The number of benzene rings is 1. The van der Waals surface area contributed by atoms with Crippen molar-refractivity contribution in [2.24, 2.45) is 0 Å². The first-order valence-electron chi connectivity index (χ1n) is 6.16. The van der Waals surface area contributed by atoms with E-state index in [1.807, 2.05) is 18.0 Å². The largest absolute Gasteiger partial charge is 0.345 e. The van der Waals surface area contributed by atoms with Crippen LogP contribution in [0.4, 0.5) is 9.52 Å². The summed E-state index contributed by atoms with van der Waals surface area (Å²) in [6, 6.07) is 6.80. The SMILES string of the molecule is CN(Cc1ccccc1F)c1nnc(C(C)(C)C)s1. The second kappa shape index (κ2) is 5.25. The number of hydrogen-bond donors (Lipinski definition) is 0. The number of hydrogen-bond acceptors (Lipinski definition) is 4. The van der Waals surface area contributed by atoms with Crippen LogP contribution in [0.3, 0.4) is 0 Å². The molecule has 0 aliphatic heterocycles. The Bertz CT molecular complexity index is 560. The number of nitrogens with zero attached hydrogens (tertiary/aromatic N) is 3. The molecule has 0 bridgehead atoms. The lowest BCUT2D eigenvalue weighted by atomic mass is 9.98. The number of rotatable bonds is 3. The quantitative estimate of drug-likeness (QED) is 0.859. The molecular formula is C14H18FN3S. The molecule has 3 nitrogen and oxygen atoms in total. The summed E-state index contributed by atoms with van der Waals surface area (Å²) in [6.45, 7) is 6.81. The molecule has 1 aromatic heterocycles. The highest BCUT2D eigenvalue weighted by Crippen LogP contribution is 2.29. The molecule has 2 aromatic rings. The standard InChI is InChI=1S/C14H18FN3S/c1-14(2,3)12-16-17-13(19-12)18(4)9-10-7-5-6-8-11(10)15/h5-8H,9H2,1-4H3. The van der Waals surface area contributed by atoms with E-state index in [-0.39, 0.29) is 11.2 Å². The second-order valence-corrected chi connectivity index (χ2v) is 6.54. The van der Waals surface area contributed by atoms with E-state index in [9.17, 15) is 4.39 Å². The van der Waals surface area contributed by atoms with Gasteiger partial charge in [-0.3, -0.25) is 0 Å². The number of anilines is 1. The lowest BCUT2D eigenvalue weighted by molar-refractivity contribution is 0.578. The molecule has 102 valence electrons. The van der Waals surface area contributed by atoms with Crippen LogP contribution in [0, 0.1) is 5.82 Å². The Morgan fingerprint density at radius 1 is 1.21 bits per heavy atom. The minimum absolute atomic E-state index is 0.00520. The van der Waals surface area contributed by atoms with Crippen molar-refractivity contribution in [2.75, 3.05) is 11.9 Å². The van der Waals surface area contributed by atoms with Crippen LogP contribution in [-0.4, -0.2) is 17.2 Å². The first kappa shape index (κ1) is 13.9. The van der Waals surface area contributed by atoms with E-state index in [4.69, 9.17) is 0 Å². The highest BCUT2D eigenvalue weighted by molar-refractivity contribution is 7.15. The Morgan fingerprint density at radius 2 is 1.89 bits per heavy atom. The van der Waals surface area contributed by atoms with Gasteiger partial charge >= 0.3 is 0 Å². The van der Waals surface area contributed by atoms with Crippen LogP contribution in [0.15, 0.2) is 24.3 Å². The lowest BCUT2D eigenvalue weighted by Gasteiger charge is -2.16. The lowest BCUT2D eigenvalue weighted by Crippen LogP contribution is -2.17. The molecule has 0 spiro atoms. The van der Waals surface area contributed by atoms with Gasteiger partial charge in [-0.15, -0.1) is 10.2 Å². The first-order valence-corrected chi connectivity index (χ1v) is 6.98. The van der Waals surface area contributed by atoms with Crippen LogP contribution in [0.25, 0.3) is 0 Å². The maximum absolute atomic E-state index is 13.6. The first-order chi connectivity index (χ1) is 8.88.